The normalized spacial score (nSPS) is 9.88. The molecule has 0 aromatic carbocycles. The van der Waals surface area contributed by atoms with Crippen molar-refractivity contribution in [2.24, 2.45) is 0 Å². The zero-order valence-electron chi connectivity index (χ0n) is 9.60. The van der Waals surface area contributed by atoms with Crippen LogP contribution in [0.3, 0.4) is 0 Å². The lowest BCUT2D eigenvalue weighted by atomic mass is 10.2. The Kier molecular flexibility index (Phi) is 4.05. The monoisotopic (exact) mass is 220 g/mol. The minimum absolute atomic E-state index is 0.231. The van der Waals surface area contributed by atoms with Gasteiger partial charge in [0.05, 0.1) is 5.69 Å². The fraction of sp³-hybridized carbons (Fsp3) is 0.333. The first kappa shape index (κ1) is 12.2. The molecular formula is C12H16N2O2. The third-order valence-electron chi connectivity index (χ3n) is 2.32. The summed E-state index contributed by atoms with van der Waals surface area (Å²) in [7, 11) is 0. The number of hydrogen-bond donors (Lipinski definition) is 1. The minimum Gasteiger partial charge on any atom is -0.478 e. The molecule has 4 heteroatoms. The van der Waals surface area contributed by atoms with E-state index in [9.17, 15) is 4.79 Å². The Morgan fingerprint density at radius 1 is 1.69 bits per heavy atom. The summed E-state index contributed by atoms with van der Waals surface area (Å²) in [6.45, 7) is 8.84. The zero-order valence-corrected chi connectivity index (χ0v) is 9.60. The number of rotatable bonds is 5. The molecule has 1 heterocycles. The Morgan fingerprint density at radius 3 is 2.88 bits per heavy atom. The van der Waals surface area contributed by atoms with Gasteiger partial charge in [0, 0.05) is 25.0 Å². The number of likely N-dealkylation sites (N-methyl/N-ethyl adjacent to an activating group) is 1. The van der Waals surface area contributed by atoms with Crippen molar-refractivity contribution in [2.75, 3.05) is 18.0 Å². The molecule has 4 nitrogen and oxygen atoms in total. The summed E-state index contributed by atoms with van der Waals surface area (Å²) in [5.74, 6) is -0.954. The maximum Gasteiger partial charge on any atom is 0.339 e. The molecule has 0 aliphatic rings. The molecule has 0 spiro atoms. The van der Waals surface area contributed by atoms with Crippen LogP contribution in [0.25, 0.3) is 0 Å². The van der Waals surface area contributed by atoms with E-state index in [1.807, 2.05) is 18.7 Å². The number of nitrogens with zero attached hydrogens (tertiary/aromatic N) is 2. The van der Waals surface area contributed by atoms with Gasteiger partial charge in [-0.05, 0) is 19.9 Å². The SMILES string of the molecule is C=CCN(CC)c1cc(C)ncc1C(=O)O. The summed E-state index contributed by atoms with van der Waals surface area (Å²) in [5, 5.41) is 9.08. The number of pyridine rings is 1. The first-order valence-corrected chi connectivity index (χ1v) is 5.16. The summed E-state index contributed by atoms with van der Waals surface area (Å²) in [6, 6.07) is 1.79. The van der Waals surface area contributed by atoms with E-state index in [4.69, 9.17) is 5.11 Å². The third-order valence-corrected chi connectivity index (χ3v) is 2.32. The van der Waals surface area contributed by atoms with E-state index in [1.54, 1.807) is 12.1 Å². The number of aromatic nitrogens is 1. The highest BCUT2D eigenvalue weighted by atomic mass is 16.4. The number of carboxylic acids is 1. The van der Waals surface area contributed by atoms with Gasteiger partial charge in [-0.3, -0.25) is 4.98 Å². The number of hydrogen-bond acceptors (Lipinski definition) is 3. The summed E-state index contributed by atoms with van der Waals surface area (Å²) in [5.41, 5.74) is 1.74. The van der Waals surface area contributed by atoms with Gasteiger partial charge in [0.2, 0.25) is 0 Å². The molecule has 0 bridgehead atoms. The maximum atomic E-state index is 11.1. The lowest BCUT2D eigenvalue weighted by molar-refractivity contribution is 0.0697. The van der Waals surface area contributed by atoms with Gasteiger partial charge in [0.25, 0.3) is 0 Å². The van der Waals surface area contributed by atoms with Crippen LogP contribution in [0.2, 0.25) is 0 Å². The van der Waals surface area contributed by atoms with Crippen LogP contribution in [0, 0.1) is 6.92 Å². The van der Waals surface area contributed by atoms with Gasteiger partial charge < -0.3 is 10.0 Å². The summed E-state index contributed by atoms with van der Waals surface area (Å²) >= 11 is 0. The van der Waals surface area contributed by atoms with Crippen LogP contribution >= 0.6 is 0 Å². The average Bonchev–Trinajstić information content (AvgIpc) is 2.25. The molecule has 1 rings (SSSR count). The van der Waals surface area contributed by atoms with Crippen LogP contribution in [-0.2, 0) is 0 Å². The molecule has 0 unspecified atom stereocenters. The average molecular weight is 220 g/mol. The molecule has 0 fully saturated rings. The van der Waals surface area contributed by atoms with Gasteiger partial charge in [-0.15, -0.1) is 6.58 Å². The number of aryl methyl sites for hydroxylation is 1. The molecular weight excluding hydrogens is 204 g/mol. The first-order valence-electron chi connectivity index (χ1n) is 5.16. The molecule has 1 aromatic heterocycles. The van der Waals surface area contributed by atoms with E-state index < -0.39 is 5.97 Å². The maximum absolute atomic E-state index is 11.1. The van der Waals surface area contributed by atoms with Gasteiger partial charge in [-0.2, -0.15) is 0 Å². The zero-order chi connectivity index (χ0) is 12.1. The van der Waals surface area contributed by atoms with Crippen LogP contribution in [0.4, 0.5) is 5.69 Å². The number of aromatic carboxylic acids is 1. The van der Waals surface area contributed by atoms with Gasteiger partial charge in [-0.1, -0.05) is 6.08 Å². The summed E-state index contributed by atoms with van der Waals surface area (Å²) in [4.78, 5) is 17.0. The lowest BCUT2D eigenvalue weighted by Gasteiger charge is -2.23. The van der Waals surface area contributed by atoms with Crippen molar-refractivity contribution in [3.8, 4) is 0 Å². The molecule has 0 saturated heterocycles. The van der Waals surface area contributed by atoms with Crippen LogP contribution in [0.5, 0.6) is 0 Å². The second-order valence-electron chi connectivity index (χ2n) is 3.48. The topological polar surface area (TPSA) is 53.4 Å². The second-order valence-corrected chi connectivity index (χ2v) is 3.48. The quantitative estimate of drug-likeness (QED) is 0.772. The first-order chi connectivity index (χ1) is 7.60. The minimum atomic E-state index is -0.954. The van der Waals surface area contributed by atoms with Crippen molar-refractivity contribution in [1.82, 2.24) is 4.98 Å². The fourth-order valence-electron chi connectivity index (χ4n) is 1.53. The van der Waals surface area contributed by atoms with Crippen molar-refractivity contribution in [3.63, 3.8) is 0 Å². The Hall–Kier alpha value is -1.84. The van der Waals surface area contributed by atoms with Crippen LogP contribution in [0.1, 0.15) is 23.0 Å². The number of carbonyl (C=O) groups is 1. The van der Waals surface area contributed by atoms with Gasteiger partial charge in [0.15, 0.2) is 0 Å². The highest BCUT2D eigenvalue weighted by Crippen LogP contribution is 2.20. The summed E-state index contributed by atoms with van der Waals surface area (Å²) < 4.78 is 0. The van der Waals surface area contributed by atoms with E-state index in [2.05, 4.69) is 11.6 Å². The van der Waals surface area contributed by atoms with Crippen molar-refractivity contribution in [3.05, 3.63) is 36.2 Å². The molecule has 86 valence electrons. The molecule has 0 aliphatic carbocycles. The molecule has 1 N–H and O–H groups in total. The van der Waals surface area contributed by atoms with E-state index in [1.165, 1.54) is 6.20 Å². The van der Waals surface area contributed by atoms with Crippen molar-refractivity contribution < 1.29 is 9.90 Å². The lowest BCUT2D eigenvalue weighted by Crippen LogP contribution is -2.25. The predicted octanol–water partition coefficient (Wildman–Crippen LogP) is 2.10. The van der Waals surface area contributed by atoms with E-state index in [0.717, 1.165) is 12.2 Å². The Labute approximate surface area is 95.2 Å². The molecule has 0 radical (unpaired) electrons. The van der Waals surface area contributed by atoms with Crippen molar-refractivity contribution in [2.45, 2.75) is 13.8 Å². The molecule has 0 atom stereocenters. The Bertz CT molecular complexity index is 402. The highest BCUT2D eigenvalue weighted by molar-refractivity contribution is 5.94. The van der Waals surface area contributed by atoms with Crippen LogP contribution in [-0.4, -0.2) is 29.1 Å². The molecule has 0 saturated carbocycles. The van der Waals surface area contributed by atoms with Crippen molar-refractivity contribution in [1.29, 1.82) is 0 Å². The second kappa shape index (κ2) is 5.30. The third kappa shape index (κ3) is 2.59. The smallest absolute Gasteiger partial charge is 0.339 e. The number of anilines is 1. The van der Waals surface area contributed by atoms with E-state index >= 15 is 0 Å². The molecule has 0 aliphatic heterocycles. The van der Waals surface area contributed by atoms with Crippen LogP contribution < -0.4 is 4.90 Å². The van der Waals surface area contributed by atoms with E-state index in [-0.39, 0.29) is 5.56 Å². The highest BCUT2D eigenvalue weighted by Gasteiger charge is 2.14. The van der Waals surface area contributed by atoms with Crippen molar-refractivity contribution >= 4 is 11.7 Å². The van der Waals surface area contributed by atoms with Gasteiger partial charge in [0.1, 0.15) is 5.56 Å². The van der Waals surface area contributed by atoms with Gasteiger partial charge in [-0.25, -0.2) is 4.79 Å². The number of carboxylic acid groups (broad SMARTS) is 1. The van der Waals surface area contributed by atoms with Gasteiger partial charge >= 0.3 is 5.97 Å². The Morgan fingerprint density at radius 2 is 2.38 bits per heavy atom. The summed E-state index contributed by atoms with van der Waals surface area (Å²) in [6.07, 6.45) is 3.16. The van der Waals surface area contributed by atoms with E-state index in [0.29, 0.717) is 12.2 Å². The predicted molar refractivity (Wildman–Crippen MR) is 64.0 cm³/mol. The fourth-order valence-corrected chi connectivity index (χ4v) is 1.53. The van der Waals surface area contributed by atoms with Crippen LogP contribution in [0.15, 0.2) is 24.9 Å². The Balaban J connectivity index is 3.21. The standard InChI is InChI=1S/C12H16N2O2/c1-4-6-14(5-2)11-7-9(3)13-8-10(11)12(15)16/h4,7-8H,1,5-6H2,2-3H3,(H,15,16). The largest absolute Gasteiger partial charge is 0.478 e. The molecule has 1 aromatic rings. The molecule has 16 heavy (non-hydrogen) atoms. The molecule has 0 amide bonds.